The van der Waals surface area contributed by atoms with Gasteiger partial charge in [-0.25, -0.2) is 0 Å². The standard InChI is InChI=1S/C19H21ClN4O2S/c20-16-9-8-15(24(25)26)12-17(16)22-19(27)21-13-18(23-10-4-5-11-23)14-6-2-1-3-7-14/h1-3,6-9,12,18H,4-5,10-11,13H2,(H2,21,22,27)/p+1/t18-/m1/s1. The van der Waals surface area contributed by atoms with Crippen LogP contribution in [-0.4, -0.2) is 29.7 Å². The van der Waals surface area contributed by atoms with Crippen molar-refractivity contribution < 1.29 is 9.82 Å². The van der Waals surface area contributed by atoms with E-state index >= 15 is 0 Å². The number of rotatable bonds is 6. The Hall–Kier alpha value is -2.22. The highest BCUT2D eigenvalue weighted by Crippen LogP contribution is 2.26. The van der Waals surface area contributed by atoms with Gasteiger partial charge in [-0.05, 0) is 18.3 Å². The molecule has 3 rings (SSSR count). The molecular weight excluding hydrogens is 384 g/mol. The molecule has 142 valence electrons. The molecule has 2 aromatic rings. The third-order valence-electron chi connectivity index (χ3n) is 4.82. The zero-order valence-corrected chi connectivity index (χ0v) is 16.4. The fourth-order valence-electron chi connectivity index (χ4n) is 3.44. The van der Waals surface area contributed by atoms with Gasteiger partial charge in [-0.3, -0.25) is 10.1 Å². The van der Waals surface area contributed by atoms with Crippen LogP contribution in [0.4, 0.5) is 11.4 Å². The van der Waals surface area contributed by atoms with E-state index in [0.29, 0.717) is 28.4 Å². The Balaban J connectivity index is 1.66. The molecule has 1 fully saturated rings. The van der Waals surface area contributed by atoms with Crippen molar-refractivity contribution in [3.05, 3.63) is 69.2 Å². The van der Waals surface area contributed by atoms with Crippen LogP contribution in [0.2, 0.25) is 5.02 Å². The number of anilines is 1. The van der Waals surface area contributed by atoms with Crippen molar-refractivity contribution >= 4 is 40.3 Å². The topological polar surface area (TPSA) is 71.6 Å². The predicted molar refractivity (Wildman–Crippen MR) is 111 cm³/mol. The number of nitrogens with one attached hydrogen (secondary N) is 3. The number of nitro groups is 1. The van der Waals surface area contributed by atoms with Crippen LogP contribution in [-0.2, 0) is 0 Å². The Bertz CT molecular complexity index is 813. The molecule has 6 nitrogen and oxygen atoms in total. The minimum absolute atomic E-state index is 0.0339. The van der Waals surface area contributed by atoms with E-state index in [-0.39, 0.29) is 5.69 Å². The number of nitrogens with zero attached hydrogens (tertiary/aromatic N) is 1. The van der Waals surface area contributed by atoms with Crippen molar-refractivity contribution in [2.24, 2.45) is 0 Å². The van der Waals surface area contributed by atoms with Crippen LogP contribution in [0, 0.1) is 10.1 Å². The normalized spacial score (nSPS) is 15.3. The van der Waals surface area contributed by atoms with Gasteiger partial charge in [0.25, 0.3) is 5.69 Å². The second-order valence-electron chi connectivity index (χ2n) is 6.58. The van der Waals surface area contributed by atoms with E-state index in [9.17, 15) is 10.1 Å². The Morgan fingerprint density at radius 1 is 1.22 bits per heavy atom. The zero-order chi connectivity index (χ0) is 19.2. The quantitative estimate of drug-likeness (QED) is 0.391. The van der Waals surface area contributed by atoms with E-state index in [4.69, 9.17) is 23.8 Å². The highest BCUT2D eigenvalue weighted by atomic mass is 35.5. The van der Waals surface area contributed by atoms with Crippen molar-refractivity contribution in [1.82, 2.24) is 5.32 Å². The maximum atomic E-state index is 11.0. The molecule has 0 amide bonds. The molecular formula is C19H22ClN4O2S+. The van der Waals surface area contributed by atoms with Crippen LogP contribution in [0.25, 0.3) is 0 Å². The average Bonchev–Trinajstić information content (AvgIpc) is 3.19. The summed E-state index contributed by atoms with van der Waals surface area (Å²) in [4.78, 5) is 12.0. The minimum atomic E-state index is -0.458. The van der Waals surface area contributed by atoms with Crippen LogP contribution in [0.3, 0.4) is 0 Å². The lowest BCUT2D eigenvalue weighted by atomic mass is 10.1. The molecule has 0 saturated carbocycles. The number of hydrogen-bond acceptors (Lipinski definition) is 3. The average molecular weight is 406 g/mol. The van der Waals surface area contributed by atoms with Gasteiger partial charge in [-0.15, -0.1) is 0 Å². The van der Waals surface area contributed by atoms with E-state index in [1.165, 1.54) is 36.6 Å². The lowest BCUT2D eigenvalue weighted by molar-refractivity contribution is -0.918. The molecule has 0 spiro atoms. The molecule has 1 aliphatic rings. The summed E-state index contributed by atoms with van der Waals surface area (Å²) in [6.07, 6.45) is 2.48. The summed E-state index contributed by atoms with van der Waals surface area (Å²) in [6.45, 7) is 2.98. The number of halogens is 1. The maximum absolute atomic E-state index is 11.0. The first kappa shape index (κ1) is 19.5. The van der Waals surface area contributed by atoms with E-state index in [2.05, 4.69) is 34.9 Å². The second-order valence-corrected chi connectivity index (χ2v) is 7.40. The van der Waals surface area contributed by atoms with Gasteiger partial charge >= 0.3 is 0 Å². The van der Waals surface area contributed by atoms with Crippen molar-refractivity contribution in [2.45, 2.75) is 18.9 Å². The Morgan fingerprint density at radius 2 is 1.93 bits per heavy atom. The third-order valence-corrected chi connectivity index (χ3v) is 5.39. The molecule has 0 unspecified atom stereocenters. The van der Waals surface area contributed by atoms with Gasteiger partial charge in [0.2, 0.25) is 0 Å². The molecule has 1 heterocycles. The van der Waals surface area contributed by atoms with Crippen molar-refractivity contribution in [3.8, 4) is 0 Å². The monoisotopic (exact) mass is 405 g/mol. The summed E-state index contributed by atoms with van der Waals surface area (Å²) >= 11 is 11.5. The van der Waals surface area contributed by atoms with Crippen molar-refractivity contribution in [1.29, 1.82) is 0 Å². The fourth-order valence-corrected chi connectivity index (χ4v) is 3.80. The first-order chi connectivity index (χ1) is 13.0. The number of nitro benzene ring substituents is 1. The molecule has 8 heteroatoms. The molecule has 3 N–H and O–H groups in total. The van der Waals surface area contributed by atoms with Gasteiger partial charge in [0.05, 0.1) is 35.3 Å². The van der Waals surface area contributed by atoms with Crippen molar-refractivity contribution in [2.75, 3.05) is 25.0 Å². The third kappa shape index (κ3) is 5.15. The number of benzene rings is 2. The molecule has 1 aliphatic heterocycles. The summed E-state index contributed by atoms with van der Waals surface area (Å²) in [6, 6.07) is 15.0. The van der Waals surface area contributed by atoms with E-state index < -0.39 is 4.92 Å². The Kier molecular flexibility index (Phi) is 6.60. The highest BCUT2D eigenvalue weighted by Gasteiger charge is 2.27. The highest BCUT2D eigenvalue weighted by molar-refractivity contribution is 7.80. The van der Waals surface area contributed by atoms with Crippen LogP contribution < -0.4 is 15.5 Å². The van der Waals surface area contributed by atoms with Crippen LogP contribution in [0.5, 0.6) is 0 Å². The van der Waals surface area contributed by atoms with Crippen LogP contribution in [0.1, 0.15) is 24.4 Å². The van der Waals surface area contributed by atoms with Crippen LogP contribution in [0.15, 0.2) is 48.5 Å². The van der Waals surface area contributed by atoms with Gasteiger partial charge in [-0.2, -0.15) is 0 Å². The van der Waals surface area contributed by atoms with Gasteiger partial charge in [0.1, 0.15) is 6.04 Å². The molecule has 0 radical (unpaired) electrons. The number of likely N-dealkylation sites (tertiary alicyclic amines) is 1. The van der Waals surface area contributed by atoms with Crippen molar-refractivity contribution in [3.63, 3.8) is 0 Å². The smallest absolute Gasteiger partial charge is 0.271 e. The molecule has 0 aromatic heterocycles. The maximum Gasteiger partial charge on any atom is 0.271 e. The van der Waals surface area contributed by atoms with Gasteiger partial charge < -0.3 is 15.5 Å². The van der Waals surface area contributed by atoms with Gasteiger partial charge in [0.15, 0.2) is 5.11 Å². The lowest BCUT2D eigenvalue weighted by Crippen LogP contribution is -3.11. The number of thiocarbonyl (C=S) groups is 1. The summed E-state index contributed by atoms with van der Waals surface area (Å²) in [5, 5.41) is 18.0. The van der Waals surface area contributed by atoms with E-state index in [0.717, 1.165) is 13.1 Å². The summed E-state index contributed by atoms with van der Waals surface area (Å²) in [7, 11) is 0. The van der Waals surface area contributed by atoms with Gasteiger partial charge in [-0.1, -0.05) is 41.9 Å². The minimum Gasteiger partial charge on any atom is -0.356 e. The second kappa shape index (κ2) is 9.12. The predicted octanol–water partition coefficient (Wildman–Crippen LogP) is 2.95. The summed E-state index contributed by atoms with van der Waals surface area (Å²) in [5.41, 5.74) is 1.67. The first-order valence-electron chi connectivity index (χ1n) is 8.93. The Morgan fingerprint density at radius 3 is 2.59 bits per heavy atom. The molecule has 1 atom stereocenters. The van der Waals surface area contributed by atoms with E-state index in [1.54, 1.807) is 4.90 Å². The van der Waals surface area contributed by atoms with Crippen LogP contribution >= 0.6 is 23.8 Å². The summed E-state index contributed by atoms with van der Waals surface area (Å²) in [5.74, 6) is 0. The lowest BCUT2D eigenvalue weighted by Gasteiger charge is -2.26. The Labute approximate surface area is 168 Å². The molecule has 1 saturated heterocycles. The zero-order valence-electron chi connectivity index (χ0n) is 14.8. The molecule has 0 aliphatic carbocycles. The molecule has 27 heavy (non-hydrogen) atoms. The summed E-state index contributed by atoms with van der Waals surface area (Å²) < 4.78 is 0. The number of hydrogen-bond donors (Lipinski definition) is 3. The van der Waals surface area contributed by atoms with E-state index in [1.807, 2.05) is 6.07 Å². The largest absolute Gasteiger partial charge is 0.356 e. The number of non-ortho nitro benzene ring substituents is 1. The molecule has 0 bridgehead atoms. The molecule has 2 aromatic carbocycles. The SMILES string of the molecule is O=[N+]([O-])c1ccc(Cl)c(NC(=S)NC[C@H](c2ccccc2)[NH+]2CCCC2)c1. The first-order valence-corrected chi connectivity index (χ1v) is 9.71. The van der Waals surface area contributed by atoms with Gasteiger partial charge in [0, 0.05) is 30.5 Å². The fraction of sp³-hybridized carbons (Fsp3) is 0.316. The number of quaternary nitrogens is 1.